The zero-order chi connectivity index (χ0) is 22.6. The average molecular weight is 462 g/mol. The Kier molecular flexibility index (Phi) is 6.24. The van der Waals surface area contributed by atoms with Gasteiger partial charge in [0.15, 0.2) is 0 Å². The van der Waals surface area contributed by atoms with E-state index in [1.165, 1.54) is 5.56 Å². The second kappa shape index (κ2) is 9.60. The van der Waals surface area contributed by atoms with Crippen LogP contribution in [0.5, 0.6) is 17.4 Å². The van der Waals surface area contributed by atoms with Gasteiger partial charge in [0, 0.05) is 16.8 Å². The van der Waals surface area contributed by atoms with E-state index in [4.69, 9.17) is 26.1 Å². The molecule has 2 aromatic carbocycles. The van der Waals surface area contributed by atoms with Gasteiger partial charge in [-0.1, -0.05) is 29.8 Å². The molecular weight excluding hydrogens is 438 g/mol. The van der Waals surface area contributed by atoms with E-state index in [1.54, 1.807) is 31.6 Å². The Morgan fingerprint density at radius 2 is 1.82 bits per heavy atom. The Morgan fingerprint density at radius 3 is 2.64 bits per heavy atom. The van der Waals surface area contributed by atoms with Crippen LogP contribution in [-0.2, 0) is 0 Å². The van der Waals surface area contributed by atoms with Crippen molar-refractivity contribution in [1.82, 2.24) is 20.5 Å². The fourth-order valence-electron chi connectivity index (χ4n) is 4.11. The first kappa shape index (κ1) is 21.4. The smallest absolute Gasteiger partial charge is 0.221 e. The number of benzene rings is 2. The lowest BCUT2D eigenvalue weighted by Crippen LogP contribution is -2.26. The number of ether oxygens (including phenoxy) is 2. The highest BCUT2D eigenvalue weighted by atomic mass is 35.5. The molecule has 1 aliphatic heterocycles. The lowest BCUT2D eigenvalue weighted by Gasteiger charge is -2.24. The Hall–Kier alpha value is -3.42. The number of fused-ring (bicyclic) bond motifs is 1. The number of nitrogens with zero attached hydrogens (tertiary/aromatic N) is 3. The zero-order valence-corrected chi connectivity index (χ0v) is 19.0. The van der Waals surface area contributed by atoms with Crippen LogP contribution in [0.3, 0.4) is 0 Å². The maximum atomic E-state index is 6.27. The SMILES string of the molecule is COc1cc(C2CCNCC2)ccc1Nc1nc(Oc2ccccc2Cl)cc2cnncc12. The van der Waals surface area contributed by atoms with Crippen molar-refractivity contribution in [3.8, 4) is 17.4 Å². The maximum absolute atomic E-state index is 6.27. The highest BCUT2D eigenvalue weighted by Crippen LogP contribution is 2.36. The molecule has 4 aromatic rings. The lowest BCUT2D eigenvalue weighted by atomic mass is 9.90. The fraction of sp³-hybridized carbons (Fsp3) is 0.240. The molecule has 0 amide bonds. The minimum atomic E-state index is 0.399. The summed E-state index contributed by atoms with van der Waals surface area (Å²) >= 11 is 6.27. The van der Waals surface area contributed by atoms with Crippen molar-refractivity contribution in [1.29, 1.82) is 0 Å². The molecule has 33 heavy (non-hydrogen) atoms. The summed E-state index contributed by atoms with van der Waals surface area (Å²) in [6.45, 7) is 2.09. The summed E-state index contributed by atoms with van der Waals surface area (Å²) in [6.07, 6.45) is 5.61. The summed E-state index contributed by atoms with van der Waals surface area (Å²) in [5.74, 6) is 2.83. The highest BCUT2D eigenvalue weighted by molar-refractivity contribution is 6.32. The van der Waals surface area contributed by atoms with Gasteiger partial charge in [0.1, 0.15) is 17.3 Å². The van der Waals surface area contributed by atoms with Crippen molar-refractivity contribution >= 4 is 33.9 Å². The number of pyridine rings is 1. The van der Waals surface area contributed by atoms with E-state index in [0.717, 1.165) is 48.1 Å². The van der Waals surface area contributed by atoms with Crippen LogP contribution < -0.4 is 20.1 Å². The van der Waals surface area contributed by atoms with Crippen molar-refractivity contribution in [2.24, 2.45) is 0 Å². The van der Waals surface area contributed by atoms with E-state index in [1.807, 2.05) is 24.3 Å². The molecule has 8 heteroatoms. The predicted octanol–water partition coefficient (Wildman–Crippen LogP) is 5.69. The number of methoxy groups -OCH3 is 1. The molecule has 7 nitrogen and oxygen atoms in total. The maximum Gasteiger partial charge on any atom is 0.221 e. The quantitative estimate of drug-likeness (QED) is 0.381. The number of halogens is 1. The molecule has 0 saturated carbocycles. The third kappa shape index (κ3) is 4.69. The minimum absolute atomic E-state index is 0.399. The molecule has 1 aliphatic rings. The van der Waals surface area contributed by atoms with Gasteiger partial charge in [-0.15, -0.1) is 0 Å². The number of anilines is 2. The van der Waals surface area contributed by atoms with Gasteiger partial charge < -0.3 is 20.1 Å². The number of hydrogen-bond acceptors (Lipinski definition) is 7. The van der Waals surface area contributed by atoms with Gasteiger partial charge in [-0.25, -0.2) is 0 Å². The predicted molar refractivity (Wildman–Crippen MR) is 130 cm³/mol. The van der Waals surface area contributed by atoms with Gasteiger partial charge in [-0.3, -0.25) is 0 Å². The van der Waals surface area contributed by atoms with Gasteiger partial charge in [-0.05, 0) is 61.7 Å². The molecule has 1 fully saturated rings. The summed E-state index contributed by atoms with van der Waals surface area (Å²) in [7, 11) is 1.68. The monoisotopic (exact) mass is 461 g/mol. The number of para-hydroxylation sites is 1. The first-order chi connectivity index (χ1) is 16.2. The number of nitrogens with one attached hydrogen (secondary N) is 2. The Bertz CT molecular complexity index is 1280. The second-order valence-corrected chi connectivity index (χ2v) is 8.35. The summed E-state index contributed by atoms with van der Waals surface area (Å²) in [5, 5.41) is 17.0. The lowest BCUT2D eigenvalue weighted by molar-refractivity contribution is 0.413. The van der Waals surface area contributed by atoms with E-state index in [0.29, 0.717) is 28.4 Å². The molecule has 3 heterocycles. The molecule has 2 N–H and O–H groups in total. The van der Waals surface area contributed by atoms with Gasteiger partial charge in [-0.2, -0.15) is 15.2 Å². The minimum Gasteiger partial charge on any atom is -0.495 e. The van der Waals surface area contributed by atoms with Crippen molar-refractivity contribution in [2.45, 2.75) is 18.8 Å². The van der Waals surface area contributed by atoms with Crippen LogP contribution in [0.25, 0.3) is 10.8 Å². The fourth-order valence-corrected chi connectivity index (χ4v) is 4.29. The molecular formula is C25H24ClN5O2. The molecule has 0 aliphatic carbocycles. The first-order valence-electron chi connectivity index (χ1n) is 10.9. The summed E-state index contributed by atoms with van der Waals surface area (Å²) in [6, 6.07) is 15.4. The van der Waals surface area contributed by atoms with Crippen LogP contribution >= 0.6 is 11.6 Å². The van der Waals surface area contributed by atoms with Crippen molar-refractivity contribution in [3.63, 3.8) is 0 Å². The van der Waals surface area contributed by atoms with E-state index in [-0.39, 0.29) is 0 Å². The number of aromatic nitrogens is 3. The Morgan fingerprint density at radius 1 is 1.00 bits per heavy atom. The number of hydrogen-bond donors (Lipinski definition) is 2. The number of piperidine rings is 1. The van der Waals surface area contributed by atoms with Crippen LogP contribution in [-0.4, -0.2) is 35.4 Å². The number of rotatable bonds is 6. The molecule has 0 bridgehead atoms. The van der Waals surface area contributed by atoms with Gasteiger partial charge >= 0.3 is 0 Å². The average Bonchev–Trinajstić information content (AvgIpc) is 2.86. The third-order valence-corrected chi connectivity index (χ3v) is 6.17. The molecule has 0 spiro atoms. The van der Waals surface area contributed by atoms with Crippen LogP contribution in [0.2, 0.25) is 5.02 Å². The standard InChI is InChI=1S/C25H24ClN5O2/c1-32-23-12-17(16-8-10-27-11-9-16)6-7-21(23)30-25-19-15-29-28-14-18(19)13-24(31-25)33-22-5-3-2-4-20(22)26/h2-7,12-16,27H,8-11H2,1H3,(H,30,31). The Balaban J connectivity index is 1.49. The topological polar surface area (TPSA) is 81.2 Å². The molecule has 0 atom stereocenters. The van der Waals surface area contributed by atoms with Crippen molar-refractivity contribution in [3.05, 3.63) is 71.5 Å². The summed E-state index contributed by atoms with van der Waals surface area (Å²) in [4.78, 5) is 4.70. The Labute approximate surface area is 197 Å². The summed E-state index contributed by atoms with van der Waals surface area (Å²) < 4.78 is 11.7. The normalized spacial score (nSPS) is 14.2. The van der Waals surface area contributed by atoms with E-state index < -0.39 is 0 Å². The summed E-state index contributed by atoms with van der Waals surface area (Å²) in [5.41, 5.74) is 2.11. The van der Waals surface area contributed by atoms with E-state index >= 15 is 0 Å². The van der Waals surface area contributed by atoms with Gasteiger partial charge in [0.05, 0.1) is 30.2 Å². The molecule has 0 unspecified atom stereocenters. The van der Waals surface area contributed by atoms with Gasteiger partial charge in [0.25, 0.3) is 0 Å². The largest absolute Gasteiger partial charge is 0.495 e. The van der Waals surface area contributed by atoms with Crippen LogP contribution in [0.15, 0.2) is 60.9 Å². The van der Waals surface area contributed by atoms with Crippen molar-refractivity contribution in [2.75, 3.05) is 25.5 Å². The molecule has 0 radical (unpaired) electrons. The van der Waals surface area contributed by atoms with E-state index in [9.17, 15) is 0 Å². The second-order valence-electron chi connectivity index (χ2n) is 7.94. The molecule has 5 rings (SSSR count). The third-order valence-electron chi connectivity index (χ3n) is 5.86. The molecule has 168 valence electrons. The zero-order valence-electron chi connectivity index (χ0n) is 18.2. The molecule has 2 aromatic heterocycles. The molecule has 1 saturated heterocycles. The van der Waals surface area contributed by atoms with Crippen LogP contribution in [0.4, 0.5) is 11.5 Å². The van der Waals surface area contributed by atoms with Gasteiger partial charge in [0.2, 0.25) is 5.88 Å². The highest BCUT2D eigenvalue weighted by Gasteiger charge is 2.18. The van der Waals surface area contributed by atoms with Crippen LogP contribution in [0.1, 0.15) is 24.3 Å². The first-order valence-corrected chi connectivity index (χ1v) is 11.3. The van der Waals surface area contributed by atoms with Crippen LogP contribution in [0, 0.1) is 0 Å². The van der Waals surface area contributed by atoms with Crippen molar-refractivity contribution < 1.29 is 9.47 Å². The van der Waals surface area contributed by atoms with E-state index in [2.05, 4.69) is 33.0 Å².